The topological polar surface area (TPSA) is 320 Å². The van der Waals surface area contributed by atoms with Gasteiger partial charge in [-0.2, -0.15) is 0 Å². The van der Waals surface area contributed by atoms with Crippen molar-refractivity contribution < 1.29 is 48.1 Å². The number of carbonyl (C=O) groups excluding carboxylic acids is 5. The van der Waals surface area contributed by atoms with Gasteiger partial charge < -0.3 is 73.7 Å². The number of nitro benzene ring substituents is 2. The number of para-hydroxylation sites is 5. The van der Waals surface area contributed by atoms with Gasteiger partial charge in [-0.05, 0) is 159 Å². The van der Waals surface area contributed by atoms with Gasteiger partial charge in [0.1, 0.15) is 11.6 Å². The minimum absolute atomic E-state index is 0.0277. The number of nitrogens with two attached hydrogens (primary N) is 1. The smallest absolute Gasteiger partial charge is 0.307 e. The van der Waals surface area contributed by atoms with E-state index in [4.69, 9.17) is 10.8 Å². The molecule has 29 heteroatoms. The summed E-state index contributed by atoms with van der Waals surface area (Å²) in [7, 11) is 8.34. The first kappa shape index (κ1) is 91.4. The average molecular weight is 1750 g/mol. The molecule has 0 spiro atoms. The van der Waals surface area contributed by atoms with Gasteiger partial charge in [0.05, 0.1) is 56.8 Å². The number of likely N-dealkylation sites (N-methyl/N-ethyl adjacent to an activating group) is 4. The Balaban J connectivity index is 0.000000131. The molecule has 0 unspecified atom stereocenters. The Morgan fingerprint density at radius 3 is 1.20 bits per heavy atom. The highest BCUT2D eigenvalue weighted by atomic mass is 19.1. The van der Waals surface area contributed by atoms with Gasteiger partial charge in [0.2, 0.25) is 11.8 Å². The number of nitrogen functional groups attached to an aromatic ring is 1. The highest BCUT2D eigenvalue weighted by Gasteiger charge is 2.28. The fraction of sp³-hybridized carbons (Fsp3) is 0.257. The summed E-state index contributed by atoms with van der Waals surface area (Å²) in [6.45, 7) is 13.6. The number of Topliss-reactive ketones (excluding diaryl/α,β-unsaturated/α-hetero) is 1. The summed E-state index contributed by atoms with van der Waals surface area (Å²) in [6.07, 6.45) is 15.8. The van der Waals surface area contributed by atoms with E-state index in [0.717, 1.165) is 233 Å². The van der Waals surface area contributed by atoms with E-state index in [-0.39, 0.29) is 47.2 Å². The summed E-state index contributed by atoms with van der Waals surface area (Å²) in [5.41, 5.74) is 20.9. The number of rotatable bonds is 18. The van der Waals surface area contributed by atoms with Gasteiger partial charge in [0.25, 0.3) is 23.2 Å². The van der Waals surface area contributed by atoms with Crippen LogP contribution in [0.3, 0.4) is 0 Å². The number of piperazine rings is 4. The number of aromatic nitrogens is 6. The first-order valence-electron chi connectivity index (χ1n) is 43.5. The molecule has 4 amide bonds. The molecule has 28 nitrogen and oxygen atoms in total. The maximum Gasteiger partial charge on any atom is 0.307 e. The van der Waals surface area contributed by atoms with Crippen LogP contribution >= 0.6 is 0 Å². The number of nitrogens with one attached hydrogen (secondary N) is 2. The second-order valence-electron chi connectivity index (χ2n) is 32.9. The van der Waals surface area contributed by atoms with E-state index in [1.54, 1.807) is 24.5 Å². The molecule has 0 aliphatic carbocycles. The molecule has 0 bridgehead atoms. The lowest BCUT2D eigenvalue weighted by Gasteiger charge is -2.32. The zero-order valence-electron chi connectivity index (χ0n) is 73.3. The number of nitro groups is 2. The Kier molecular flexibility index (Phi) is 30.3. The van der Waals surface area contributed by atoms with Crippen LogP contribution in [0, 0.1) is 26.0 Å². The van der Waals surface area contributed by atoms with Crippen molar-refractivity contribution in [3.05, 3.63) is 339 Å². The van der Waals surface area contributed by atoms with Crippen molar-refractivity contribution in [2.75, 3.05) is 139 Å². The lowest BCUT2D eigenvalue weighted by atomic mass is 10.0. The number of fused-ring (bicyclic) bond motifs is 5. The molecule has 19 rings (SSSR count). The van der Waals surface area contributed by atoms with Crippen molar-refractivity contribution in [2.24, 2.45) is 0 Å². The molecule has 0 saturated carbocycles. The minimum Gasteiger partial charge on any atom is -0.481 e. The number of aromatic amines is 2. The van der Waals surface area contributed by atoms with Gasteiger partial charge in [-0.25, -0.2) is 4.39 Å². The summed E-state index contributed by atoms with van der Waals surface area (Å²) < 4.78 is 18.3. The lowest BCUT2D eigenvalue weighted by Crippen LogP contribution is -2.47. The maximum atomic E-state index is 13.1. The molecule has 6 aromatic heterocycles. The minimum atomic E-state index is -0.801. The summed E-state index contributed by atoms with van der Waals surface area (Å²) in [6, 6.07) is 70.3. The molecule has 4 aliphatic rings. The lowest BCUT2D eigenvalue weighted by molar-refractivity contribution is -0.385. The predicted octanol–water partition coefficient (Wildman–Crippen LogP) is 14.6. The summed E-state index contributed by atoms with van der Waals surface area (Å²) in [5, 5.41) is 34.7. The number of carboxylic acid groups (broad SMARTS) is 1. The first-order chi connectivity index (χ1) is 62.9. The predicted molar refractivity (Wildman–Crippen MR) is 506 cm³/mol. The van der Waals surface area contributed by atoms with Crippen molar-refractivity contribution in [1.29, 1.82) is 0 Å². The number of anilines is 1. The molecule has 668 valence electrons. The van der Waals surface area contributed by atoms with Crippen LogP contribution in [0.4, 0.5) is 21.5 Å². The standard InChI is InChI=1S/C30H32N4O2.C20H20N4O3.C20H22N4O.C15H19N3O.C10H9NO2.C6H4FNO2/c1-32-15-17-33(18-16-32)30(36)20-25-22-34(29-7-3-2-6-28(25)29)26-11-8-23(9-12-26)19-27(35)13-10-24-5-4-14-31-21-24;1-21-10-12-22(13-11-21)20(25)18-14-23(19-5-3-2-4-17(18)19)15-6-8-16(9-7-15)24(26)27;1-22-10-12-23(13-11-22)20(25)18-14-24(16-8-6-15(21)7-9-16)19-5-3-2-4-17(18)19;1-17-6-8-18(9-7-17)15(19)10-12-11-16-14-5-3-2-4-13(12)14;12-10(13)5-7-6-11-9-4-2-1-3-8(7)9;7-5-1-3-6(4-2-5)8(9)10/h2-9,11-12,14,21-22H,10,13,15-20H2,1H3;2-9,14H,10-13H2,1H3;2-9,14H,10-13,21H2,1H3;2-5,11,16H,6-10H2,1H3;1-4,6,11H,5H2,(H,12,13);1-4H. The number of H-pyrrole nitrogens is 2. The number of aryl methyl sites for hydroxylation is 1. The van der Waals surface area contributed by atoms with Crippen molar-refractivity contribution in [1.82, 2.24) is 67.9 Å². The van der Waals surface area contributed by atoms with Crippen LogP contribution in [-0.4, -0.2) is 251 Å². The van der Waals surface area contributed by atoms with Gasteiger partial charge >= 0.3 is 5.97 Å². The van der Waals surface area contributed by atoms with Gasteiger partial charge in [0.15, 0.2) is 0 Å². The van der Waals surface area contributed by atoms with E-state index >= 15 is 0 Å². The number of pyridine rings is 1. The SMILES string of the molecule is CN1CCN(C(=O)Cc2c[nH]c3ccccc23)CC1.CN1CCN(C(=O)Cc2cn(-c3ccc(CC(=O)CCc4cccnc4)cc3)c3ccccc23)CC1.CN1CCN(C(=O)c2cn(-c3ccc(N)cc3)c3ccccc23)CC1.CN1CCN(C(=O)c2cn(-c3ccc([N+](=O)[O-])cc3)c3ccccc23)CC1.O=C(O)Cc1c[nH]c2ccccc12.O=[N+]([O-])c1ccc(F)cc1. The summed E-state index contributed by atoms with van der Waals surface area (Å²) in [4.78, 5) is 122. The molecular weight excluding hydrogens is 1650 g/mol. The van der Waals surface area contributed by atoms with Gasteiger partial charge in [-0.15, -0.1) is 0 Å². The number of aliphatic carboxylic acids is 1. The van der Waals surface area contributed by atoms with E-state index in [1.165, 1.54) is 12.1 Å². The molecule has 130 heavy (non-hydrogen) atoms. The van der Waals surface area contributed by atoms with E-state index in [1.807, 2.05) is 201 Å². The maximum absolute atomic E-state index is 13.1. The van der Waals surface area contributed by atoms with Gasteiger partial charge in [-0.1, -0.05) is 109 Å². The number of carbonyl (C=O) groups is 6. The zero-order valence-corrected chi connectivity index (χ0v) is 73.3. The van der Waals surface area contributed by atoms with Crippen LogP contribution in [0.15, 0.2) is 274 Å². The van der Waals surface area contributed by atoms with Crippen molar-refractivity contribution >= 4 is 107 Å². The number of carboxylic acids is 1. The molecule has 5 N–H and O–H groups in total. The Morgan fingerprint density at radius 1 is 0.400 bits per heavy atom. The third-order valence-electron chi connectivity index (χ3n) is 23.9. The molecule has 15 aromatic rings. The van der Waals surface area contributed by atoms with Crippen LogP contribution in [-0.2, 0) is 51.3 Å². The number of nitrogens with zero attached hydrogens (tertiary/aromatic N) is 14. The Bertz CT molecular complexity index is 6440. The van der Waals surface area contributed by atoms with E-state index in [2.05, 4.69) is 108 Å². The number of halogens is 1. The average Bonchev–Trinajstić information content (AvgIpc) is 1.62. The van der Waals surface area contributed by atoms with Crippen LogP contribution in [0.5, 0.6) is 0 Å². The first-order valence-corrected chi connectivity index (χ1v) is 43.5. The number of non-ortho nitro benzene ring substituents is 2. The number of benzene rings is 9. The largest absolute Gasteiger partial charge is 0.481 e. The molecule has 4 aliphatic heterocycles. The van der Waals surface area contributed by atoms with E-state index in [9.17, 15) is 53.4 Å². The molecule has 9 aromatic carbocycles. The third-order valence-corrected chi connectivity index (χ3v) is 23.9. The number of hydrogen-bond acceptors (Lipinski definition) is 16. The fourth-order valence-corrected chi connectivity index (χ4v) is 16.3. The molecular formula is C101H106FN17O11. The quantitative estimate of drug-likeness (QED) is 0.0352. The number of amides is 4. The Hall–Kier alpha value is -14.8. The van der Waals surface area contributed by atoms with E-state index in [0.29, 0.717) is 44.3 Å². The zero-order chi connectivity index (χ0) is 91.3. The van der Waals surface area contributed by atoms with Crippen LogP contribution < -0.4 is 5.73 Å². The number of hydrogen-bond donors (Lipinski definition) is 4. The third kappa shape index (κ3) is 23.3. The van der Waals surface area contributed by atoms with Crippen LogP contribution in [0.25, 0.3) is 71.6 Å². The van der Waals surface area contributed by atoms with Gasteiger partial charge in [0, 0.05) is 246 Å². The summed E-state index contributed by atoms with van der Waals surface area (Å²) >= 11 is 0. The highest BCUT2D eigenvalue weighted by molar-refractivity contribution is 6.09. The molecule has 4 saturated heterocycles. The highest BCUT2D eigenvalue weighted by Crippen LogP contribution is 2.32. The molecule has 0 atom stereocenters. The van der Waals surface area contributed by atoms with Crippen molar-refractivity contribution in [3.63, 3.8) is 0 Å². The molecule has 0 radical (unpaired) electrons. The number of ketones is 1. The molecule has 10 heterocycles. The Labute approximate surface area is 752 Å². The monoisotopic (exact) mass is 1750 g/mol. The Morgan fingerprint density at radius 2 is 0.769 bits per heavy atom. The molecule has 4 fully saturated rings. The van der Waals surface area contributed by atoms with Crippen molar-refractivity contribution in [3.8, 4) is 17.1 Å². The fourth-order valence-electron chi connectivity index (χ4n) is 16.3. The van der Waals surface area contributed by atoms with Crippen molar-refractivity contribution in [2.45, 2.75) is 38.5 Å². The van der Waals surface area contributed by atoms with Crippen LogP contribution in [0.2, 0.25) is 0 Å². The second-order valence-corrected chi connectivity index (χ2v) is 32.9. The summed E-state index contributed by atoms with van der Waals surface area (Å²) in [5.74, 6) is -0.486. The second kappa shape index (κ2) is 43.1. The van der Waals surface area contributed by atoms with Crippen LogP contribution in [0.1, 0.15) is 55.0 Å². The van der Waals surface area contributed by atoms with Gasteiger partial charge in [-0.3, -0.25) is 54.0 Å². The van der Waals surface area contributed by atoms with E-state index < -0.39 is 21.6 Å². The normalized spacial score (nSPS) is 14.4.